The van der Waals surface area contributed by atoms with Crippen molar-refractivity contribution < 1.29 is 43.2 Å². The molecule has 0 aliphatic heterocycles. The third-order valence-corrected chi connectivity index (χ3v) is 5.72. The van der Waals surface area contributed by atoms with Crippen LogP contribution in [0.1, 0.15) is 118 Å². The van der Waals surface area contributed by atoms with E-state index < -0.39 is 36.7 Å². The zero-order valence-electron chi connectivity index (χ0n) is 22.8. The number of hydrogen-bond acceptors (Lipinski definition) is 9. The molecular formula is C27H48O9. The van der Waals surface area contributed by atoms with Crippen LogP contribution in [0.4, 0.5) is 0 Å². The topological polar surface area (TPSA) is 125 Å². The summed E-state index contributed by atoms with van der Waals surface area (Å²) in [7, 11) is 0. The second-order valence-electron chi connectivity index (χ2n) is 9.31. The average molecular weight is 517 g/mol. The molecule has 3 atom stereocenters. The molecule has 0 rings (SSSR count). The second kappa shape index (κ2) is 22.1. The van der Waals surface area contributed by atoms with Crippen molar-refractivity contribution in [2.75, 3.05) is 13.2 Å². The Balaban J connectivity index is 4.49. The van der Waals surface area contributed by atoms with Crippen LogP contribution in [0, 0.1) is 0 Å². The summed E-state index contributed by atoms with van der Waals surface area (Å²) in [6.45, 7) is 5.34. The lowest BCUT2D eigenvalue weighted by molar-refractivity contribution is -0.164. The lowest BCUT2D eigenvalue weighted by Crippen LogP contribution is -2.30. The van der Waals surface area contributed by atoms with Crippen LogP contribution in [-0.4, -0.2) is 60.5 Å². The van der Waals surface area contributed by atoms with Crippen molar-refractivity contribution in [3.8, 4) is 0 Å². The zero-order chi connectivity index (χ0) is 27.2. The van der Waals surface area contributed by atoms with Crippen LogP contribution in [0.15, 0.2) is 0 Å². The van der Waals surface area contributed by atoms with Gasteiger partial charge in [-0.15, -0.1) is 0 Å². The summed E-state index contributed by atoms with van der Waals surface area (Å²) in [5.74, 6) is -2.05. The number of unbranched alkanes of at least 4 members (excludes halogenated alkanes) is 8. The molecule has 0 amide bonds. The molecule has 0 radical (unpaired) electrons. The van der Waals surface area contributed by atoms with Crippen LogP contribution >= 0.6 is 0 Å². The molecule has 0 aromatic heterocycles. The molecule has 0 aliphatic carbocycles. The minimum atomic E-state index is -0.982. The van der Waals surface area contributed by atoms with Gasteiger partial charge in [0.1, 0.15) is 18.8 Å². The van der Waals surface area contributed by atoms with Crippen LogP contribution in [0.5, 0.6) is 0 Å². The van der Waals surface area contributed by atoms with E-state index in [1.54, 1.807) is 0 Å². The smallest absolute Gasteiger partial charge is 0.310 e. The predicted molar refractivity (Wildman–Crippen MR) is 135 cm³/mol. The molecule has 0 aromatic rings. The number of carbonyl (C=O) groups is 4. The van der Waals surface area contributed by atoms with Gasteiger partial charge in [-0.25, -0.2) is 0 Å². The van der Waals surface area contributed by atoms with Gasteiger partial charge in [-0.2, -0.15) is 0 Å². The van der Waals surface area contributed by atoms with Gasteiger partial charge >= 0.3 is 23.9 Å². The van der Waals surface area contributed by atoms with Crippen LogP contribution in [0.25, 0.3) is 0 Å². The lowest BCUT2D eigenvalue weighted by atomic mass is 10.0. The Hall–Kier alpha value is -2.16. The van der Waals surface area contributed by atoms with Crippen molar-refractivity contribution >= 4 is 23.9 Å². The molecule has 210 valence electrons. The molecule has 3 unspecified atom stereocenters. The summed E-state index contributed by atoms with van der Waals surface area (Å²) in [6.07, 6.45) is 11.3. The first kappa shape index (κ1) is 33.8. The fraction of sp³-hybridized carbons (Fsp3) is 0.852. The maximum Gasteiger partial charge on any atom is 0.310 e. The highest BCUT2D eigenvalue weighted by atomic mass is 16.6. The van der Waals surface area contributed by atoms with E-state index in [-0.39, 0.29) is 25.1 Å². The normalized spacial score (nSPS) is 13.4. The minimum absolute atomic E-state index is 0.188. The summed E-state index contributed by atoms with van der Waals surface area (Å²) in [5.41, 5.74) is 0. The Bertz CT molecular complexity index is 620. The third-order valence-electron chi connectivity index (χ3n) is 5.72. The second-order valence-corrected chi connectivity index (χ2v) is 9.31. The molecule has 0 saturated carbocycles. The number of hydrogen-bond donors (Lipinski definition) is 1. The number of aliphatic hydroxyl groups is 1. The van der Waals surface area contributed by atoms with Gasteiger partial charge in [-0.3, -0.25) is 19.2 Å². The zero-order valence-corrected chi connectivity index (χ0v) is 22.8. The van der Waals surface area contributed by atoms with Crippen molar-refractivity contribution in [2.45, 2.75) is 136 Å². The van der Waals surface area contributed by atoms with Gasteiger partial charge in [-0.1, -0.05) is 58.3 Å². The largest absolute Gasteiger partial charge is 0.463 e. The first-order chi connectivity index (χ1) is 17.2. The maximum absolute atomic E-state index is 12.3. The Kier molecular flexibility index (Phi) is 20.7. The average Bonchev–Trinajstić information content (AvgIpc) is 2.79. The molecule has 36 heavy (non-hydrogen) atoms. The molecule has 0 saturated heterocycles. The van der Waals surface area contributed by atoms with Gasteiger partial charge in [0.15, 0.2) is 6.10 Å². The quantitative estimate of drug-likeness (QED) is 0.123. The Morgan fingerprint density at radius 1 is 0.611 bits per heavy atom. The molecule has 0 bridgehead atoms. The van der Waals surface area contributed by atoms with E-state index in [2.05, 4.69) is 6.92 Å². The SMILES string of the molecule is CCCCCCCCCCCC(CCCC(CC(=O)OC(CO)COC(C)=O)OC(C)=O)OC(C)=O. The van der Waals surface area contributed by atoms with Crippen LogP contribution < -0.4 is 0 Å². The summed E-state index contributed by atoms with van der Waals surface area (Å²) in [4.78, 5) is 46.2. The summed E-state index contributed by atoms with van der Waals surface area (Å²) >= 11 is 0. The minimum Gasteiger partial charge on any atom is -0.463 e. The van der Waals surface area contributed by atoms with Gasteiger partial charge < -0.3 is 24.1 Å². The van der Waals surface area contributed by atoms with Crippen LogP contribution in [0.3, 0.4) is 0 Å². The molecule has 0 aliphatic rings. The maximum atomic E-state index is 12.3. The highest BCUT2D eigenvalue weighted by molar-refractivity contribution is 5.71. The number of esters is 4. The summed E-state index contributed by atoms with van der Waals surface area (Å²) in [5, 5.41) is 9.31. The molecule has 0 heterocycles. The summed E-state index contributed by atoms with van der Waals surface area (Å²) in [6, 6.07) is 0. The van der Waals surface area contributed by atoms with Crippen LogP contribution in [0.2, 0.25) is 0 Å². The Morgan fingerprint density at radius 3 is 1.64 bits per heavy atom. The summed E-state index contributed by atoms with van der Waals surface area (Å²) < 4.78 is 20.6. The first-order valence-corrected chi connectivity index (χ1v) is 13.5. The highest BCUT2D eigenvalue weighted by Gasteiger charge is 2.22. The molecule has 9 heteroatoms. The van der Waals surface area contributed by atoms with Crippen molar-refractivity contribution in [1.29, 1.82) is 0 Å². The van der Waals surface area contributed by atoms with Crippen molar-refractivity contribution in [3.05, 3.63) is 0 Å². The Morgan fingerprint density at radius 2 is 1.11 bits per heavy atom. The van der Waals surface area contributed by atoms with E-state index in [1.165, 1.54) is 65.7 Å². The van der Waals surface area contributed by atoms with E-state index in [1.807, 2.05) is 0 Å². The fourth-order valence-electron chi connectivity index (χ4n) is 3.94. The standard InChI is InChI=1S/C27H48O9/c1-5-6-7-8-9-10-11-12-13-15-24(34-22(3)30)16-14-17-25(35-23(4)31)18-27(32)36-26(19-28)20-33-21(2)29/h24-26,28H,5-20H2,1-4H3. The highest BCUT2D eigenvalue weighted by Crippen LogP contribution is 2.18. The van der Waals surface area contributed by atoms with E-state index in [0.29, 0.717) is 19.3 Å². The van der Waals surface area contributed by atoms with Gasteiger partial charge in [0, 0.05) is 20.8 Å². The predicted octanol–water partition coefficient (Wildman–Crippen LogP) is 4.80. The Labute approximate surface area is 216 Å². The number of rotatable bonds is 22. The molecule has 0 spiro atoms. The van der Waals surface area contributed by atoms with Gasteiger partial charge in [0.25, 0.3) is 0 Å². The fourth-order valence-corrected chi connectivity index (χ4v) is 3.94. The van der Waals surface area contributed by atoms with E-state index in [4.69, 9.17) is 18.9 Å². The van der Waals surface area contributed by atoms with Gasteiger partial charge in [0.2, 0.25) is 0 Å². The van der Waals surface area contributed by atoms with Crippen molar-refractivity contribution in [3.63, 3.8) is 0 Å². The lowest BCUT2D eigenvalue weighted by Gasteiger charge is -2.21. The number of ether oxygens (including phenoxy) is 4. The van der Waals surface area contributed by atoms with Crippen LogP contribution in [-0.2, 0) is 38.1 Å². The molecule has 0 aromatic carbocycles. The molecular weight excluding hydrogens is 468 g/mol. The van der Waals surface area contributed by atoms with E-state index >= 15 is 0 Å². The van der Waals surface area contributed by atoms with E-state index in [0.717, 1.165) is 19.3 Å². The number of carbonyl (C=O) groups excluding carboxylic acids is 4. The molecule has 0 fully saturated rings. The molecule has 1 N–H and O–H groups in total. The van der Waals surface area contributed by atoms with Gasteiger partial charge in [0.05, 0.1) is 13.0 Å². The van der Waals surface area contributed by atoms with E-state index in [9.17, 15) is 24.3 Å². The number of aliphatic hydroxyl groups excluding tert-OH is 1. The van der Waals surface area contributed by atoms with Crippen molar-refractivity contribution in [2.24, 2.45) is 0 Å². The van der Waals surface area contributed by atoms with Gasteiger partial charge in [-0.05, 0) is 32.1 Å². The third kappa shape index (κ3) is 21.1. The monoisotopic (exact) mass is 516 g/mol. The molecule has 9 nitrogen and oxygen atoms in total. The van der Waals surface area contributed by atoms with Crippen molar-refractivity contribution in [1.82, 2.24) is 0 Å². The first-order valence-electron chi connectivity index (χ1n) is 13.5.